The number of hydrogen-bond acceptors (Lipinski definition) is 0. The maximum atomic E-state index is 12.7. The lowest BCUT2D eigenvalue weighted by atomic mass is 9.58. The summed E-state index contributed by atoms with van der Waals surface area (Å²) >= 11 is 0. The van der Waals surface area contributed by atoms with Crippen molar-refractivity contribution in [3.63, 3.8) is 0 Å². The third-order valence-corrected chi connectivity index (χ3v) is 3.95. The van der Waals surface area contributed by atoms with Crippen LogP contribution in [0.4, 0.5) is 8.78 Å². The predicted molar refractivity (Wildman–Crippen MR) is 72.1 cm³/mol. The molecule has 0 unspecified atom stereocenters. The van der Waals surface area contributed by atoms with Gasteiger partial charge in [0.1, 0.15) is 0 Å². The minimum atomic E-state index is -1.51. The first-order valence-corrected chi connectivity index (χ1v) is 6.36. The van der Waals surface area contributed by atoms with Gasteiger partial charge in [0, 0.05) is 5.41 Å². The van der Waals surface area contributed by atoms with E-state index in [-0.39, 0.29) is 11.0 Å². The fourth-order valence-electron chi connectivity index (χ4n) is 2.90. The minimum Gasteiger partial charge on any atom is -0.173 e. The highest BCUT2D eigenvalue weighted by molar-refractivity contribution is 5.48. The van der Waals surface area contributed by atoms with E-state index in [2.05, 4.69) is 0 Å². The molecule has 96 valence electrons. The van der Waals surface area contributed by atoms with Crippen LogP contribution in [-0.2, 0) is 5.41 Å². The van der Waals surface area contributed by atoms with Gasteiger partial charge >= 0.3 is 0 Å². The number of halogens is 2. The van der Waals surface area contributed by atoms with Gasteiger partial charge in [-0.05, 0) is 29.5 Å². The van der Waals surface area contributed by atoms with Crippen molar-refractivity contribution in [2.24, 2.45) is 0 Å². The summed E-state index contributed by atoms with van der Waals surface area (Å²) in [5.74, 6) is 0. The molecule has 0 amide bonds. The molecule has 1 fully saturated rings. The SMILES string of the molecule is FC(F)=C1CC(c2ccccc2)(c2ccccc2)C1. The molecule has 19 heavy (non-hydrogen) atoms. The van der Waals surface area contributed by atoms with Crippen molar-refractivity contribution in [2.75, 3.05) is 0 Å². The summed E-state index contributed by atoms with van der Waals surface area (Å²) in [7, 11) is 0. The first-order valence-electron chi connectivity index (χ1n) is 6.36. The second-order valence-corrected chi connectivity index (χ2v) is 5.03. The zero-order chi connectivity index (χ0) is 13.3. The zero-order valence-electron chi connectivity index (χ0n) is 10.4. The lowest BCUT2D eigenvalue weighted by Gasteiger charge is -2.44. The molecule has 0 spiro atoms. The number of allylic oxidation sites excluding steroid dienone is 1. The van der Waals surface area contributed by atoms with E-state index in [1.165, 1.54) is 0 Å². The van der Waals surface area contributed by atoms with Crippen molar-refractivity contribution in [3.8, 4) is 0 Å². The van der Waals surface area contributed by atoms with Gasteiger partial charge in [-0.15, -0.1) is 0 Å². The molecule has 0 atom stereocenters. The highest BCUT2D eigenvalue weighted by atomic mass is 19.3. The second kappa shape index (κ2) is 4.61. The van der Waals surface area contributed by atoms with Crippen LogP contribution >= 0.6 is 0 Å². The third-order valence-electron chi connectivity index (χ3n) is 3.95. The average Bonchev–Trinajstić information content (AvgIpc) is 2.40. The highest BCUT2D eigenvalue weighted by Gasteiger charge is 2.45. The Morgan fingerprint density at radius 2 is 1.16 bits per heavy atom. The smallest absolute Gasteiger partial charge is 0.173 e. The lowest BCUT2D eigenvalue weighted by Crippen LogP contribution is -2.37. The molecule has 1 aliphatic rings. The van der Waals surface area contributed by atoms with E-state index < -0.39 is 6.08 Å². The lowest BCUT2D eigenvalue weighted by molar-refractivity contribution is 0.331. The van der Waals surface area contributed by atoms with Gasteiger partial charge in [0.15, 0.2) is 0 Å². The van der Waals surface area contributed by atoms with Crippen molar-refractivity contribution < 1.29 is 8.78 Å². The fraction of sp³-hybridized carbons (Fsp3) is 0.176. The van der Waals surface area contributed by atoms with Crippen LogP contribution in [0.2, 0.25) is 0 Å². The van der Waals surface area contributed by atoms with E-state index in [0.717, 1.165) is 11.1 Å². The normalized spacial score (nSPS) is 16.8. The molecule has 0 radical (unpaired) electrons. The van der Waals surface area contributed by atoms with Crippen LogP contribution in [0, 0.1) is 0 Å². The fourth-order valence-corrected chi connectivity index (χ4v) is 2.90. The highest BCUT2D eigenvalue weighted by Crippen LogP contribution is 2.53. The molecule has 3 rings (SSSR count). The Hall–Kier alpha value is -1.96. The molecular weight excluding hydrogens is 242 g/mol. The molecular formula is C17H14F2. The van der Waals surface area contributed by atoms with Gasteiger partial charge in [0.05, 0.1) is 0 Å². The Balaban J connectivity index is 2.07. The summed E-state index contributed by atoms with van der Waals surface area (Å²) in [6.45, 7) is 0. The van der Waals surface area contributed by atoms with Crippen molar-refractivity contribution >= 4 is 0 Å². The van der Waals surface area contributed by atoms with E-state index in [0.29, 0.717) is 12.8 Å². The molecule has 1 saturated carbocycles. The van der Waals surface area contributed by atoms with E-state index in [4.69, 9.17) is 0 Å². The van der Waals surface area contributed by atoms with Gasteiger partial charge in [0.25, 0.3) is 6.08 Å². The van der Waals surface area contributed by atoms with Gasteiger partial charge < -0.3 is 0 Å². The van der Waals surface area contributed by atoms with E-state index in [9.17, 15) is 8.78 Å². The standard InChI is InChI=1S/C17H14F2/c18-16(19)13-11-17(12-13,14-7-3-1-4-8-14)15-9-5-2-6-10-15/h1-10H,11-12H2. The Labute approximate surface area is 111 Å². The van der Waals surface area contributed by atoms with Gasteiger partial charge in [-0.2, -0.15) is 8.78 Å². The topological polar surface area (TPSA) is 0 Å². The maximum Gasteiger partial charge on any atom is 0.269 e. The average molecular weight is 256 g/mol. The van der Waals surface area contributed by atoms with E-state index >= 15 is 0 Å². The molecule has 2 aromatic rings. The van der Waals surface area contributed by atoms with E-state index in [1.54, 1.807) is 0 Å². The number of benzene rings is 2. The summed E-state index contributed by atoms with van der Waals surface area (Å²) in [4.78, 5) is 0. The first kappa shape index (κ1) is 12.1. The number of hydrogen-bond donors (Lipinski definition) is 0. The molecule has 0 heterocycles. The molecule has 0 nitrogen and oxygen atoms in total. The molecule has 0 bridgehead atoms. The zero-order valence-corrected chi connectivity index (χ0v) is 10.4. The van der Waals surface area contributed by atoms with Crippen LogP contribution in [0.25, 0.3) is 0 Å². The van der Waals surface area contributed by atoms with Gasteiger partial charge in [-0.1, -0.05) is 60.7 Å². The van der Waals surface area contributed by atoms with Crippen molar-refractivity contribution in [1.29, 1.82) is 0 Å². The van der Waals surface area contributed by atoms with Gasteiger partial charge in [-0.25, -0.2) is 0 Å². The second-order valence-electron chi connectivity index (χ2n) is 5.03. The first-order chi connectivity index (χ1) is 9.22. The van der Waals surface area contributed by atoms with Crippen LogP contribution in [0.3, 0.4) is 0 Å². The third kappa shape index (κ3) is 1.97. The van der Waals surface area contributed by atoms with E-state index in [1.807, 2.05) is 60.7 Å². The summed E-state index contributed by atoms with van der Waals surface area (Å²) < 4.78 is 25.5. The van der Waals surface area contributed by atoms with Crippen LogP contribution in [-0.4, -0.2) is 0 Å². The summed E-state index contributed by atoms with van der Waals surface area (Å²) in [5.41, 5.74) is 2.24. The summed E-state index contributed by atoms with van der Waals surface area (Å²) in [6.07, 6.45) is -0.672. The van der Waals surface area contributed by atoms with Crippen LogP contribution in [0.15, 0.2) is 72.3 Å². The molecule has 0 saturated heterocycles. The van der Waals surface area contributed by atoms with Crippen LogP contribution < -0.4 is 0 Å². The molecule has 2 heteroatoms. The monoisotopic (exact) mass is 256 g/mol. The van der Waals surface area contributed by atoms with Crippen LogP contribution in [0.1, 0.15) is 24.0 Å². The quantitative estimate of drug-likeness (QED) is 0.715. The van der Waals surface area contributed by atoms with Crippen LogP contribution in [0.5, 0.6) is 0 Å². The van der Waals surface area contributed by atoms with Crippen molar-refractivity contribution in [3.05, 3.63) is 83.4 Å². The molecule has 1 aliphatic carbocycles. The molecule has 0 N–H and O–H groups in total. The van der Waals surface area contributed by atoms with Crippen molar-refractivity contribution in [2.45, 2.75) is 18.3 Å². The molecule has 0 aromatic heterocycles. The van der Waals surface area contributed by atoms with Gasteiger partial charge in [0.2, 0.25) is 0 Å². The summed E-state index contributed by atoms with van der Waals surface area (Å²) in [5, 5.41) is 0. The maximum absolute atomic E-state index is 12.7. The predicted octanol–water partition coefficient (Wildman–Crippen LogP) is 4.92. The Kier molecular flexibility index (Phi) is 2.94. The molecule has 2 aromatic carbocycles. The Morgan fingerprint density at radius 3 is 1.53 bits per heavy atom. The Morgan fingerprint density at radius 1 is 0.737 bits per heavy atom. The number of rotatable bonds is 2. The largest absolute Gasteiger partial charge is 0.269 e. The van der Waals surface area contributed by atoms with Crippen molar-refractivity contribution in [1.82, 2.24) is 0 Å². The Bertz CT molecular complexity index is 546. The molecule has 0 aliphatic heterocycles. The van der Waals surface area contributed by atoms with Gasteiger partial charge in [-0.3, -0.25) is 0 Å². The minimum absolute atomic E-state index is 0.277. The summed E-state index contributed by atoms with van der Waals surface area (Å²) in [6, 6.07) is 19.9.